The molecule has 1 unspecified atom stereocenters. The van der Waals surface area contributed by atoms with Gasteiger partial charge in [-0.25, -0.2) is 0 Å². The summed E-state index contributed by atoms with van der Waals surface area (Å²) >= 11 is 18.9. The lowest BCUT2D eigenvalue weighted by atomic mass is 9.79. The van der Waals surface area contributed by atoms with Crippen molar-refractivity contribution >= 4 is 40.7 Å². The molecule has 1 saturated carbocycles. The van der Waals surface area contributed by atoms with Gasteiger partial charge in [-0.05, 0) is 53.1 Å². The predicted molar refractivity (Wildman–Crippen MR) is 184 cm³/mol. The average molecular weight is 665 g/mol. The Morgan fingerprint density at radius 3 is 1.82 bits per heavy atom. The van der Waals surface area contributed by atoms with Crippen molar-refractivity contribution in [2.24, 2.45) is 5.92 Å². The summed E-state index contributed by atoms with van der Waals surface area (Å²) in [4.78, 5) is 14.7. The van der Waals surface area contributed by atoms with Gasteiger partial charge in [-0.2, -0.15) is 0 Å². The maximum absolute atomic E-state index is 13.0. The monoisotopic (exact) mass is 663 g/mol. The zero-order valence-corrected chi connectivity index (χ0v) is 27.6. The van der Waals surface area contributed by atoms with Gasteiger partial charge in [-0.15, -0.1) is 11.6 Å². The van der Waals surface area contributed by atoms with Gasteiger partial charge in [0.15, 0.2) is 0 Å². The van der Waals surface area contributed by atoms with E-state index in [0.717, 1.165) is 35.1 Å². The molecule has 0 aliphatic heterocycles. The zero-order valence-electron chi connectivity index (χ0n) is 25.3. The quantitative estimate of drug-likeness (QED) is 0.114. The molecule has 0 aromatic heterocycles. The molecule has 0 saturated heterocycles. The molecule has 5 rings (SSSR count). The van der Waals surface area contributed by atoms with Crippen molar-refractivity contribution in [2.45, 2.75) is 56.3 Å². The normalized spacial score (nSPS) is 15.4. The van der Waals surface area contributed by atoms with Gasteiger partial charge >= 0.3 is 0 Å². The van der Waals surface area contributed by atoms with Gasteiger partial charge in [-0.3, -0.25) is 4.79 Å². The lowest BCUT2D eigenvalue weighted by molar-refractivity contribution is -0.131. The highest BCUT2D eigenvalue weighted by atomic mass is 35.5. The number of aliphatic hydroxyl groups is 1. The number of carbonyl (C=O) groups is 1. The Morgan fingerprint density at radius 1 is 0.800 bits per heavy atom. The average Bonchev–Trinajstić information content (AvgIpc) is 3.09. The molecule has 1 amide bonds. The fourth-order valence-electron chi connectivity index (χ4n) is 6.52. The van der Waals surface area contributed by atoms with E-state index in [1.807, 2.05) is 60.7 Å². The van der Waals surface area contributed by atoms with Crippen molar-refractivity contribution < 1.29 is 14.6 Å². The van der Waals surface area contributed by atoms with Gasteiger partial charge in [0.2, 0.25) is 5.91 Å². The largest absolute Gasteiger partial charge is 0.391 e. The van der Waals surface area contributed by atoms with Crippen molar-refractivity contribution in [2.75, 3.05) is 19.0 Å². The number of benzene rings is 4. The molecule has 4 aromatic rings. The number of alkyl halides is 1. The van der Waals surface area contributed by atoms with E-state index in [4.69, 9.17) is 39.5 Å². The zero-order chi connectivity index (χ0) is 31.6. The fraction of sp³-hybridized carbons (Fsp3) is 0.342. The molecule has 45 heavy (non-hydrogen) atoms. The van der Waals surface area contributed by atoms with E-state index < -0.39 is 17.8 Å². The van der Waals surface area contributed by atoms with E-state index in [2.05, 4.69) is 36.4 Å². The van der Waals surface area contributed by atoms with Crippen LogP contribution in [0.15, 0.2) is 109 Å². The molecule has 1 aliphatic carbocycles. The second kappa shape index (κ2) is 16.1. The molecule has 1 N–H and O–H groups in total. The summed E-state index contributed by atoms with van der Waals surface area (Å²) in [6, 6.07) is 35.8. The number of nitrogens with zero attached hydrogens (tertiary/aromatic N) is 1. The van der Waals surface area contributed by atoms with Crippen LogP contribution in [0.4, 0.5) is 0 Å². The van der Waals surface area contributed by atoms with E-state index in [1.54, 1.807) is 17.0 Å². The standard InChI is InChI=1S/C38H40Cl3NO3/c39-25-37(44)42(26-28-13-5-1-6-14-28)27-33(43)24-36(29-21-22-34(40)35(41)23-29)45-38(30-15-7-2-8-16-30,31-17-9-3-10-18-31)32-19-11-4-12-20-32/h2-4,7-12,15-23,28,33,36,43H,1,5-6,13-14,24-27H2/t33-,36?/m1/s1. The number of hydrogen-bond acceptors (Lipinski definition) is 3. The Balaban J connectivity index is 1.56. The molecule has 0 heterocycles. The first-order valence-corrected chi connectivity index (χ1v) is 17.0. The SMILES string of the molecule is O=C(CCl)N(CC1CCCCC1)C[C@H](O)CC(OC(c1ccccc1)(c1ccccc1)c1ccccc1)c1ccc(Cl)c(Cl)c1. The van der Waals surface area contributed by atoms with Crippen LogP contribution in [0, 0.1) is 5.92 Å². The number of hydrogen-bond donors (Lipinski definition) is 1. The minimum Gasteiger partial charge on any atom is -0.391 e. The van der Waals surface area contributed by atoms with E-state index >= 15 is 0 Å². The Morgan fingerprint density at radius 2 is 1.33 bits per heavy atom. The second-order valence-electron chi connectivity index (χ2n) is 11.9. The lowest BCUT2D eigenvalue weighted by Gasteiger charge is -2.40. The van der Waals surface area contributed by atoms with Crippen LogP contribution in [0.25, 0.3) is 0 Å². The number of halogens is 3. The van der Waals surface area contributed by atoms with Crippen molar-refractivity contribution in [3.63, 3.8) is 0 Å². The number of carbonyl (C=O) groups excluding carboxylic acids is 1. The Labute approximate surface area is 281 Å². The first-order chi connectivity index (χ1) is 21.9. The molecule has 0 radical (unpaired) electrons. The van der Waals surface area contributed by atoms with Gasteiger partial charge in [0.05, 0.1) is 22.3 Å². The van der Waals surface area contributed by atoms with Gasteiger partial charge < -0.3 is 14.7 Å². The third-order valence-corrected chi connectivity index (χ3v) is 9.73. The number of rotatable bonds is 13. The van der Waals surface area contributed by atoms with E-state index in [9.17, 15) is 9.90 Å². The molecule has 4 nitrogen and oxygen atoms in total. The summed E-state index contributed by atoms with van der Waals surface area (Å²) in [5.74, 6) is 0.133. The molecule has 7 heteroatoms. The predicted octanol–water partition coefficient (Wildman–Crippen LogP) is 9.44. The number of aliphatic hydroxyl groups excluding tert-OH is 1. The van der Waals surface area contributed by atoms with E-state index in [-0.39, 0.29) is 24.8 Å². The van der Waals surface area contributed by atoms with Crippen LogP contribution >= 0.6 is 34.8 Å². The fourth-order valence-corrected chi connectivity index (χ4v) is 7.00. The minimum absolute atomic E-state index is 0.120. The van der Waals surface area contributed by atoms with Crippen LogP contribution in [0.5, 0.6) is 0 Å². The van der Waals surface area contributed by atoms with Crippen molar-refractivity contribution in [1.82, 2.24) is 4.90 Å². The molecular formula is C38H40Cl3NO3. The van der Waals surface area contributed by atoms with Crippen LogP contribution in [0.3, 0.4) is 0 Å². The number of amides is 1. The van der Waals surface area contributed by atoms with Crippen molar-refractivity contribution in [3.05, 3.63) is 141 Å². The van der Waals surface area contributed by atoms with Crippen LogP contribution in [-0.4, -0.2) is 41.0 Å². The Bertz CT molecular complexity index is 1400. The molecule has 2 atom stereocenters. The van der Waals surface area contributed by atoms with Gasteiger partial charge in [0.1, 0.15) is 11.5 Å². The lowest BCUT2D eigenvalue weighted by Crippen LogP contribution is -2.42. The highest BCUT2D eigenvalue weighted by Gasteiger charge is 2.41. The molecular weight excluding hydrogens is 625 g/mol. The minimum atomic E-state index is -1.03. The molecule has 236 valence electrons. The van der Waals surface area contributed by atoms with Crippen molar-refractivity contribution in [1.29, 1.82) is 0 Å². The number of ether oxygens (including phenoxy) is 1. The van der Waals surface area contributed by atoms with Gasteiger partial charge in [-0.1, -0.05) is 140 Å². The third kappa shape index (κ3) is 8.30. The molecule has 1 aliphatic rings. The van der Waals surface area contributed by atoms with E-state index in [0.29, 0.717) is 22.5 Å². The maximum atomic E-state index is 13.0. The molecule has 0 bridgehead atoms. The summed E-state index contributed by atoms with van der Waals surface area (Å²) in [5.41, 5.74) is 2.57. The highest BCUT2D eigenvalue weighted by molar-refractivity contribution is 6.42. The summed E-state index contributed by atoms with van der Waals surface area (Å²) < 4.78 is 7.38. The summed E-state index contributed by atoms with van der Waals surface area (Å²) in [7, 11) is 0. The van der Waals surface area contributed by atoms with Crippen LogP contribution in [-0.2, 0) is 15.1 Å². The molecule has 0 spiro atoms. The van der Waals surface area contributed by atoms with Crippen molar-refractivity contribution in [3.8, 4) is 0 Å². The van der Waals surface area contributed by atoms with E-state index in [1.165, 1.54) is 19.3 Å². The van der Waals surface area contributed by atoms with Crippen LogP contribution in [0.1, 0.15) is 66.9 Å². The summed E-state index contributed by atoms with van der Waals surface area (Å²) in [6.45, 7) is 0.765. The maximum Gasteiger partial charge on any atom is 0.237 e. The third-order valence-electron chi connectivity index (χ3n) is 8.76. The summed E-state index contributed by atoms with van der Waals surface area (Å²) in [6.07, 6.45) is 4.45. The topological polar surface area (TPSA) is 49.8 Å². The Kier molecular flexibility index (Phi) is 12.0. The van der Waals surface area contributed by atoms with Crippen LogP contribution in [0.2, 0.25) is 10.0 Å². The Hall–Kier alpha value is -2.86. The highest BCUT2D eigenvalue weighted by Crippen LogP contribution is 2.45. The van der Waals surface area contributed by atoms with Gasteiger partial charge in [0, 0.05) is 19.5 Å². The first kappa shape index (κ1) is 33.5. The first-order valence-electron chi connectivity index (χ1n) is 15.7. The summed E-state index contributed by atoms with van der Waals surface area (Å²) in [5, 5.41) is 12.5. The molecule has 1 fully saturated rings. The molecule has 4 aromatic carbocycles. The van der Waals surface area contributed by atoms with Crippen LogP contribution < -0.4 is 0 Å². The van der Waals surface area contributed by atoms with Gasteiger partial charge in [0.25, 0.3) is 0 Å². The second-order valence-corrected chi connectivity index (χ2v) is 13.0. The smallest absolute Gasteiger partial charge is 0.237 e.